The summed E-state index contributed by atoms with van der Waals surface area (Å²) >= 11 is 0. The topological polar surface area (TPSA) is 146 Å². The summed E-state index contributed by atoms with van der Waals surface area (Å²) in [6.45, 7) is 7.59. The lowest BCUT2D eigenvalue weighted by atomic mass is 9.91. The first-order valence-electron chi connectivity index (χ1n) is 10.8. The van der Waals surface area contributed by atoms with Gasteiger partial charge in [0.25, 0.3) is 5.91 Å². The molecule has 3 unspecified atom stereocenters. The number of carbonyl (C=O) groups excluding carboxylic acids is 4. The van der Waals surface area contributed by atoms with Crippen molar-refractivity contribution in [3.63, 3.8) is 0 Å². The average molecular weight is 432 g/mol. The van der Waals surface area contributed by atoms with Gasteiger partial charge < -0.3 is 26.7 Å². The second kappa shape index (κ2) is 8.72. The van der Waals surface area contributed by atoms with Gasteiger partial charge in [0.2, 0.25) is 17.7 Å². The number of amides is 4. The number of aromatic amines is 1. The minimum absolute atomic E-state index is 0.134. The maximum Gasteiger partial charge on any atom is 0.268 e. The van der Waals surface area contributed by atoms with E-state index >= 15 is 0 Å². The van der Waals surface area contributed by atoms with Gasteiger partial charge in [-0.25, -0.2) is 0 Å². The van der Waals surface area contributed by atoms with E-state index in [1.165, 1.54) is 0 Å². The minimum Gasteiger partial charge on any atom is -0.368 e. The molecule has 2 fully saturated rings. The highest BCUT2D eigenvalue weighted by Crippen LogP contribution is 2.34. The fourth-order valence-corrected chi connectivity index (χ4v) is 4.13. The van der Waals surface area contributed by atoms with E-state index in [0.29, 0.717) is 24.5 Å². The lowest BCUT2D eigenvalue weighted by Gasteiger charge is -2.23. The van der Waals surface area contributed by atoms with Gasteiger partial charge in [0.05, 0.1) is 0 Å². The van der Waals surface area contributed by atoms with Crippen LogP contribution in [0.25, 0.3) is 0 Å². The summed E-state index contributed by atoms with van der Waals surface area (Å²) in [5, 5.41) is 8.36. The smallest absolute Gasteiger partial charge is 0.268 e. The Balaban J connectivity index is 1.67. The first-order valence-corrected chi connectivity index (χ1v) is 10.8. The zero-order valence-electron chi connectivity index (χ0n) is 18.6. The molecule has 3 rings (SSSR count). The fourth-order valence-electron chi connectivity index (χ4n) is 4.13. The summed E-state index contributed by atoms with van der Waals surface area (Å²) in [4.78, 5) is 52.9. The third-order valence-electron chi connectivity index (χ3n) is 6.18. The van der Waals surface area contributed by atoms with Crippen molar-refractivity contribution in [3.8, 4) is 0 Å². The maximum atomic E-state index is 13.0. The van der Waals surface area contributed by atoms with E-state index in [1.807, 2.05) is 27.7 Å². The van der Waals surface area contributed by atoms with E-state index in [1.54, 1.807) is 6.07 Å². The molecule has 1 saturated carbocycles. The summed E-state index contributed by atoms with van der Waals surface area (Å²) in [5.74, 6) is -1.71. The molecule has 170 valence electrons. The zero-order valence-corrected chi connectivity index (χ0v) is 18.6. The molecule has 1 aliphatic heterocycles. The van der Waals surface area contributed by atoms with Crippen LogP contribution in [0.3, 0.4) is 0 Å². The molecule has 1 aromatic rings. The highest BCUT2D eigenvalue weighted by atomic mass is 16.2. The number of nitrogens with two attached hydrogens (primary N) is 1. The Morgan fingerprint density at radius 1 is 1.16 bits per heavy atom. The van der Waals surface area contributed by atoms with Gasteiger partial charge in [-0.3, -0.25) is 19.2 Å². The maximum absolute atomic E-state index is 13.0. The number of carbonyl (C=O) groups is 4. The Kier molecular flexibility index (Phi) is 6.43. The van der Waals surface area contributed by atoms with Crippen LogP contribution >= 0.6 is 0 Å². The summed E-state index contributed by atoms with van der Waals surface area (Å²) in [5.41, 5.74) is 7.40. The molecule has 1 saturated heterocycles. The molecule has 3 atom stereocenters. The molecule has 0 radical (unpaired) electrons. The van der Waals surface area contributed by atoms with Crippen LogP contribution in [-0.2, 0) is 14.4 Å². The van der Waals surface area contributed by atoms with Crippen LogP contribution in [-0.4, -0.2) is 46.2 Å². The average Bonchev–Trinajstić information content (AvgIpc) is 3.35. The van der Waals surface area contributed by atoms with Crippen molar-refractivity contribution in [2.75, 3.05) is 0 Å². The van der Waals surface area contributed by atoms with E-state index < -0.39 is 29.8 Å². The molecule has 0 spiro atoms. The van der Waals surface area contributed by atoms with Gasteiger partial charge in [0, 0.05) is 17.2 Å². The van der Waals surface area contributed by atoms with Gasteiger partial charge >= 0.3 is 0 Å². The van der Waals surface area contributed by atoms with Crippen molar-refractivity contribution >= 4 is 23.6 Å². The van der Waals surface area contributed by atoms with Crippen molar-refractivity contribution in [3.05, 3.63) is 23.0 Å². The van der Waals surface area contributed by atoms with Crippen molar-refractivity contribution in [1.82, 2.24) is 20.9 Å². The number of nitrogens with one attached hydrogen (secondary N) is 4. The van der Waals surface area contributed by atoms with Gasteiger partial charge in [-0.1, -0.05) is 12.8 Å². The number of H-pyrrole nitrogens is 1. The van der Waals surface area contributed by atoms with Crippen LogP contribution in [0.5, 0.6) is 0 Å². The minimum atomic E-state index is -0.981. The van der Waals surface area contributed by atoms with Crippen LogP contribution in [0.4, 0.5) is 0 Å². The lowest BCUT2D eigenvalue weighted by Crippen LogP contribution is -2.53. The van der Waals surface area contributed by atoms with Gasteiger partial charge in [-0.2, -0.15) is 0 Å². The van der Waals surface area contributed by atoms with Gasteiger partial charge in [0.15, 0.2) is 0 Å². The third-order valence-corrected chi connectivity index (χ3v) is 6.18. The number of hydrogen-bond acceptors (Lipinski definition) is 4. The molecule has 6 N–H and O–H groups in total. The second-order valence-corrected chi connectivity index (χ2v) is 9.67. The molecular weight excluding hydrogens is 398 g/mol. The number of rotatable bonds is 9. The highest BCUT2D eigenvalue weighted by Gasteiger charge is 2.40. The molecule has 9 nitrogen and oxygen atoms in total. The van der Waals surface area contributed by atoms with Crippen molar-refractivity contribution < 1.29 is 19.2 Å². The highest BCUT2D eigenvalue weighted by molar-refractivity contribution is 5.97. The summed E-state index contributed by atoms with van der Waals surface area (Å²) in [6.07, 6.45) is 3.21. The summed E-state index contributed by atoms with van der Waals surface area (Å²) in [6, 6.07) is -0.0194. The molecule has 31 heavy (non-hydrogen) atoms. The van der Waals surface area contributed by atoms with Gasteiger partial charge in [0.1, 0.15) is 17.8 Å². The summed E-state index contributed by atoms with van der Waals surface area (Å²) < 4.78 is 0. The quantitative estimate of drug-likeness (QED) is 0.394. The zero-order chi connectivity index (χ0) is 22.9. The Morgan fingerprint density at radius 2 is 1.84 bits per heavy atom. The molecule has 9 heteroatoms. The van der Waals surface area contributed by atoms with Crippen LogP contribution in [0.1, 0.15) is 67.7 Å². The second-order valence-electron chi connectivity index (χ2n) is 9.67. The molecule has 1 aromatic heterocycles. The molecule has 0 aromatic carbocycles. The predicted octanol–water partition coefficient (Wildman–Crippen LogP) is 0.805. The van der Waals surface area contributed by atoms with Gasteiger partial charge in [-0.05, 0) is 64.5 Å². The van der Waals surface area contributed by atoms with E-state index in [-0.39, 0.29) is 23.8 Å². The Hall–Kier alpha value is -2.84. The monoisotopic (exact) mass is 431 g/mol. The van der Waals surface area contributed by atoms with E-state index in [9.17, 15) is 19.2 Å². The molecule has 2 aliphatic rings. The van der Waals surface area contributed by atoms with Crippen LogP contribution < -0.4 is 21.7 Å². The standard InChI is InChI=1S/C22H33N5O4/c1-11-7-16(24-12(11)2)20(30)26-17(8-13-5-6-13)21(31)25-15(18(23)28)9-14-10-22(3,4)27-19(14)29/h7,13-15,17,24H,5-6,8-10H2,1-4H3,(H2,23,28)(H,25,31)(H,26,30)(H,27,29). The molecular formula is C22H33N5O4. The van der Waals surface area contributed by atoms with E-state index in [0.717, 1.165) is 24.1 Å². The molecule has 2 heterocycles. The van der Waals surface area contributed by atoms with Crippen LogP contribution in [0.15, 0.2) is 6.07 Å². The number of aryl methyl sites for hydroxylation is 2. The molecule has 4 amide bonds. The van der Waals surface area contributed by atoms with Gasteiger partial charge in [-0.15, -0.1) is 0 Å². The summed E-state index contributed by atoms with van der Waals surface area (Å²) in [7, 11) is 0. The Morgan fingerprint density at radius 3 is 2.32 bits per heavy atom. The third kappa shape index (κ3) is 5.86. The number of aromatic nitrogens is 1. The van der Waals surface area contributed by atoms with Crippen molar-refractivity contribution in [2.45, 2.75) is 77.4 Å². The first kappa shape index (κ1) is 22.8. The Bertz CT molecular complexity index is 867. The van der Waals surface area contributed by atoms with Crippen LogP contribution in [0, 0.1) is 25.7 Å². The Labute approximate surface area is 182 Å². The number of hydrogen-bond donors (Lipinski definition) is 5. The van der Waals surface area contributed by atoms with E-state index in [2.05, 4.69) is 20.9 Å². The normalized spacial score (nSPS) is 21.8. The lowest BCUT2D eigenvalue weighted by molar-refractivity contribution is -0.130. The van der Waals surface area contributed by atoms with Crippen molar-refractivity contribution in [2.24, 2.45) is 17.6 Å². The molecule has 1 aliphatic carbocycles. The van der Waals surface area contributed by atoms with Crippen LogP contribution in [0.2, 0.25) is 0 Å². The fraction of sp³-hybridized carbons (Fsp3) is 0.636. The van der Waals surface area contributed by atoms with E-state index in [4.69, 9.17) is 5.73 Å². The number of primary amides is 1. The SMILES string of the molecule is Cc1cc(C(=O)NC(CC2CC2)C(=O)NC(CC2CC(C)(C)NC2=O)C(N)=O)[nH]c1C. The van der Waals surface area contributed by atoms with Crippen molar-refractivity contribution in [1.29, 1.82) is 0 Å². The molecule has 0 bridgehead atoms. The largest absolute Gasteiger partial charge is 0.368 e. The first-order chi connectivity index (χ1) is 14.4. The predicted molar refractivity (Wildman–Crippen MR) is 115 cm³/mol.